The minimum absolute atomic E-state index is 0.156. The number of anilines is 1. The number of benzene rings is 2. The van der Waals surface area contributed by atoms with Gasteiger partial charge in [0, 0.05) is 26.9 Å². The van der Waals surface area contributed by atoms with E-state index in [1.54, 1.807) is 6.20 Å². The fraction of sp³-hybridized carbons (Fsp3) is 0.120. The lowest BCUT2D eigenvalue weighted by Crippen LogP contribution is -2.29. The SMILES string of the molecule is Cc1cc(N2C(=S)N[C@@H](c3ccccn3)[C@@H]2c2ccc(-c3ccc(Cl)cc3)o2)ccc1Br. The number of aryl methyl sites for hydroxylation is 1. The van der Waals surface area contributed by atoms with Gasteiger partial charge in [-0.05, 0) is 91.4 Å². The minimum atomic E-state index is -0.195. The Hall–Kier alpha value is -2.67. The maximum Gasteiger partial charge on any atom is 0.174 e. The Morgan fingerprint density at radius 1 is 1.06 bits per heavy atom. The number of halogens is 2. The number of pyridine rings is 1. The van der Waals surface area contributed by atoms with Crippen LogP contribution in [0.3, 0.4) is 0 Å². The topological polar surface area (TPSA) is 41.3 Å². The molecule has 3 heterocycles. The summed E-state index contributed by atoms with van der Waals surface area (Å²) >= 11 is 15.4. The van der Waals surface area contributed by atoms with Crippen LogP contribution in [0.25, 0.3) is 11.3 Å². The van der Waals surface area contributed by atoms with E-state index < -0.39 is 0 Å². The van der Waals surface area contributed by atoms with Gasteiger partial charge >= 0.3 is 0 Å². The zero-order valence-electron chi connectivity index (χ0n) is 17.1. The predicted molar refractivity (Wildman–Crippen MR) is 136 cm³/mol. The van der Waals surface area contributed by atoms with Gasteiger partial charge < -0.3 is 14.6 Å². The lowest BCUT2D eigenvalue weighted by molar-refractivity contribution is 0.439. The van der Waals surface area contributed by atoms with Crippen LogP contribution in [0, 0.1) is 6.92 Å². The quantitative estimate of drug-likeness (QED) is 0.285. The van der Waals surface area contributed by atoms with Gasteiger partial charge in [0.05, 0.1) is 11.7 Å². The van der Waals surface area contributed by atoms with E-state index in [4.69, 9.17) is 28.2 Å². The second-order valence-corrected chi connectivity index (χ2v) is 9.32. The third-order valence-electron chi connectivity index (χ3n) is 5.56. The van der Waals surface area contributed by atoms with Gasteiger partial charge in [0.25, 0.3) is 0 Å². The number of thiocarbonyl (C=S) groups is 1. The number of nitrogens with zero attached hydrogens (tertiary/aromatic N) is 2. The van der Waals surface area contributed by atoms with Crippen molar-refractivity contribution in [3.8, 4) is 11.3 Å². The molecular formula is C25H19BrClN3OS. The van der Waals surface area contributed by atoms with E-state index in [9.17, 15) is 0 Å². The van der Waals surface area contributed by atoms with Crippen LogP contribution in [-0.2, 0) is 0 Å². The summed E-state index contributed by atoms with van der Waals surface area (Å²) in [5.74, 6) is 1.58. The van der Waals surface area contributed by atoms with Crippen molar-refractivity contribution in [1.29, 1.82) is 0 Å². The number of hydrogen-bond donors (Lipinski definition) is 1. The Kier molecular flexibility index (Phi) is 5.76. The van der Waals surface area contributed by atoms with E-state index in [2.05, 4.69) is 50.2 Å². The summed E-state index contributed by atoms with van der Waals surface area (Å²) in [5.41, 5.74) is 4.00. The summed E-state index contributed by atoms with van der Waals surface area (Å²) in [4.78, 5) is 6.70. The maximum absolute atomic E-state index is 6.38. The molecule has 5 rings (SSSR count). The van der Waals surface area contributed by atoms with Crippen LogP contribution in [-0.4, -0.2) is 10.1 Å². The molecule has 1 aliphatic rings. The number of furan rings is 1. The van der Waals surface area contributed by atoms with Crippen LogP contribution in [0.15, 0.2) is 87.9 Å². The van der Waals surface area contributed by atoms with Crippen molar-refractivity contribution in [2.24, 2.45) is 0 Å². The van der Waals surface area contributed by atoms with E-state index in [1.807, 2.05) is 60.7 Å². The molecule has 1 N–H and O–H groups in total. The molecule has 2 atom stereocenters. The standard InChI is InChI=1S/C25H19BrClN3OS/c1-15-14-18(9-10-19(15)26)30-24(23(29-25(30)32)20-4-2-3-13-28-20)22-12-11-21(31-22)16-5-7-17(27)8-6-16/h2-14,23-24H,1H3,(H,29,32)/t23-,24-/m0/s1. The number of rotatable bonds is 4. The third-order valence-corrected chi connectivity index (χ3v) is 7.02. The van der Waals surface area contributed by atoms with Crippen LogP contribution in [0.4, 0.5) is 5.69 Å². The van der Waals surface area contributed by atoms with E-state index in [0.717, 1.165) is 38.5 Å². The zero-order chi connectivity index (χ0) is 22.2. The first kappa shape index (κ1) is 21.2. The first-order valence-corrected chi connectivity index (χ1v) is 11.7. The molecule has 0 unspecified atom stereocenters. The Labute approximate surface area is 205 Å². The fourth-order valence-corrected chi connectivity index (χ4v) is 4.70. The number of hydrogen-bond acceptors (Lipinski definition) is 3. The normalized spacial score (nSPS) is 18.1. The van der Waals surface area contributed by atoms with Crippen LogP contribution >= 0.6 is 39.7 Å². The molecule has 0 spiro atoms. The molecule has 0 aliphatic carbocycles. The maximum atomic E-state index is 6.38. The van der Waals surface area contributed by atoms with E-state index >= 15 is 0 Å². The van der Waals surface area contributed by atoms with Crippen molar-refractivity contribution in [3.05, 3.63) is 106 Å². The van der Waals surface area contributed by atoms with Crippen molar-refractivity contribution in [1.82, 2.24) is 10.3 Å². The molecule has 0 saturated carbocycles. The molecule has 4 aromatic rings. The zero-order valence-corrected chi connectivity index (χ0v) is 20.3. The lowest BCUT2D eigenvalue weighted by Gasteiger charge is -2.26. The number of nitrogens with one attached hydrogen (secondary N) is 1. The summed E-state index contributed by atoms with van der Waals surface area (Å²) in [6.07, 6.45) is 1.80. The summed E-state index contributed by atoms with van der Waals surface area (Å²) in [7, 11) is 0. The van der Waals surface area contributed by atoms with Gasteiger partial charge in [-0.3, -0.25) is 4.98 Å². The molecule has 1 fully saturated rings. The summed E-state index contributed by atoms with van der Waals surface area (Å²) in [5, 5.41) is 4.79. The minimum Gasteiger partial charge on any atom is -0.459 e. The van der Waals surface area contributed by atoms with Gasteiger partial charge in [0.2, 0.25) is 0 Å². The highest BCUT2D eigenvalue weighted by atomic mass is 79.9. The fourth-order valence-electron chi connectivity index (χ4n) is 3.98. The molecular weight excluding hydrogens is 506 g/mol. The summed E-state index contributed by atoms with van der Waals surface area (Å²) in [6.45, 7) is 2.07. The van der Waals surface area contributed by atoms with Gasteiger partial charge in [-0.25, -0.2) is 0 Å². The molecule has 4 nitrogen and oxygen atoms in total. The first-order chi connectivity index (χ1) is 15.5. The monoisotopic (exact) mass is 523 g/mol. The Morgan fingerprint density at radius 3 is 2.59 bits per heavy atom. The van der Waals surface area contributed by atoms with E-state index in [-0.39, 0.29) is 12.1 Å². The van der Waals surface area contributed by atoms with Crippen molar-refractivity contribution in [3.63, 3.8) is 0 Å². The van der Waals surface area contributed by atoms with Crippen LogP contribution < -0.4 is 10.2 Å². The summed E-state index contributed by atoms with van der Waals surface area (Å²) < 4.78 is 7.43. The predicted octanol–water partition coefficient (Wildman–Crippen LogP) is 7.24. The average molecular weight is 525 g/mol. The number of aromatic nitrogens is 1. The smallest absolute Gasteiger partial charge is 0.174 e. The molecule has 7 heteroatoms. The van der Waals surface area contributed by atoms with Crippen LogP contribution in [0.5, 0.6) is 0 Å². The van der Waals surface area contributed by atoms with E-state index in [1.165, 1.54) is 0 Å². The molecule has 1 aliphatic heterocycles. The Balaban J connectivity index is 1.60. The van der Waals surface area contributed by atoms with Gasteiger partial charge in [0.1, 0.15) is 17.6 Å². The Bertz CT molecular complexity index is 1280. The van der Waals surface area contributed by atoms with Gasteiger partial charge in [-0.2, -0.15) is 0 Å². The molecule has 0 amide bonds. The second kappa shape index (κ2) is 8.70. The Morgan fingerprint density at radius 2 is 1.88 bits per heavy atom. The van der Waals surface area contributed by atoms with Gasteiger partial charge in [0.15, 0.2) is 5.11 Å². The molecule has 1 saturated heterocycles. The lowest BCUT2D eigenvalue weighted by atomic mass is 10.0. The van der Waals surface area contributed by atoms with Crippen molar-refractivity contribution < 1.29 is 4.42 Å². The second-order valence-electron chi connectivity index (χ2n) is 7.64. The van der Waals surface area contributed by atoms with Crippen molar-refractivity contribution in [2.45, 2.75) is 19.0 Å². The van der Waals surface area contributed by atoms with E-state index in [0.29, 0.717) is 10.1 Å². The van der Waals surface area contributed by atoms with Gasteiger partial charge in [-0.15, -0.1) is 0 Å². The van der Waals surface area contributed by atoms with Gasteiger partial charge in [-0.1, -0.05) is 33.6 Å². The van der Waals surface area contributed by atoms with Crippen LogP contribution in [0.2, 0.25) is 5.02 Å². The third kappa shape index (κ3) is 3.94. The highest BCUT2D eigenvalue weighted by Crippen LogP contribution is 2.43. The highest BCUT2D eigenvalue weighted by molar-refractivity contribution is 9.10. The first-order valence-electron chi connectivity index (χ1n) is 10.1. The average Bonchev–Trinajstić information content (AvgIpc) is 3.41. The van der Waals surface area contributed by atoms with Crippen LogP contribution in [0.1, 0.15) is 29.1 Å². The van der Waals surface area contributed by atoms with Crippen molar-refractivity contribution >= 4 is 50.5 Å². The van der Waals surface area contributed by atoms with Crippen molar-refractivity contribution in [2.75, 3.05) is 4.90 Å². The molecule has 2 aromatic carbocycles. The molecule has 0 radical (unpaired) electrons. The molecule has 0 bridgehead atoms. The molecule has 160 valence electrons. The highest BCUT2D eigenvalue weighted by Gasteiger charge is 2.42. The molecule has 32 heavy (non-hydrogen) atoms. The summed E-state index contributed by atoms with van der Waals surface area (Å²) in [6, 6.07) is 23.4. The largest absolute Gasteiger partial charge is 0.459 e. The molecule has 2 aromatic heterocycles.